The van der Waals surface area contributed by atoms with Gasteiger partial charge in [-0.3, -0.25) is 4.79 Å². The smallest absolute Gasteiger partial charge is 0.258 e. The summed E-state index contributed by atoms with van der Waals surface area (Å²) in [5.41, 5.74) is 0.820. The lowest BCUT2D eigenvalue weighted by molar-refractivity contribution is 0.102. The van der Waals surface area contributed by atoms with Crippen molar-refractivity contribution in [2.75, 3.05) is 11.1 Å². The van der Waals surface area contributed by atoms with E-state index < -0.39 is 15.7 Å². The Morgan fingerprint density at radius 3 is 2.61 bits per heavy atom. The highest BCUT2D eigenvalue weighted by Gasteiger charge is 2.21. The molecule has 0 atom stereocenters. The Kier molecular flexibility index (Phi) is 6.07. The molecule has 0 spiro atoms. The van der Waals surface area contributed by atoms with E-state index in [1.807, 2.05) is 6.07 Å². The third-order valence-electron chi connectivity index (χ3n) is 4.16. The minimum atomic E-state index is -3.54. The van der Waals surface area contributed by atoms with Crippen LogP contribution >= 0.6 is 23.2 Å². The van der Waals surface area contributed by atoms with Crippen molar-refractivity contribution in [1.82, 2.24) is 9.78 Å². The number of hydrogen-bond acceptors (Lipinski definition) is 4. The van der Waals surface area contributed by atoms with E-state index in [9.17, 15) is 13.2 Å². The van der Waals surface area contributed by atoms with Gasteiger partial charge in [0.1, 0.15) is 5.82 Å². The molecule has 6 nitrogen and oxygen atoms in total. The van der Waals surface area contributed by atoms with Crippen molar-refractivity contribution in [1.29, 1.82) is 0 Å². The third kappa shape index (κ3) is 4.22. The predicted molar refractivity (Wildman–Crippen MR) is 110 cm³/mol. The zero-order valence-electron chi connectivity index (χ0n) is 14.9. The number of halogens is 2. The number of nitrogens with zero attached hydrogens (tertiary/aromatic N) is 2. The minimum Gasteiger partial charge on any atom is -0.307 e. The van der Waals surface area contributed by atoms with Gasteiger partial charge in [-0.15, -0.1) is 0 Å². The predicted octanol–water partition coefficient (Wildman–Crippen LogP) is 4.28. The van der Waals surface area contributed by atoms with E-state index in [1.54, 1.807) is 35.0 Å². The quantitative estimate of drug-likeness (QED) is 0.623. The average molecular weight is 438 g/mol. The molecule has 1 amide bonds. The first kappa shape index (κ1) is 20.4. The molecule has 0 saturated carbocycles. The van der Waals surface area contributed by atoms with E-state index in [1.165, 1.54) is 25.3 Å². The van der Waals surface area contributed by atoms with Gasteiger partial charge in [-0.25, -0.2) is 13.1 Å². The molecule has 3 aromatic rings. The standard InChI is InChI=1S/C19H17Cl2N3O3S/c1-2-28(26,27)16-9-4-3-7-14(16)19(25)23-17-10-11-22-24(17)12-13-6-5-8-15(20)18(13)21/h3-11H,2,12H2,1H3,(H,23,25). The number of carbonyl (C=O) groups is 1. The molecule has 9 heteroatoms. The third-order valence-corrected chi connectivity index (χ3v) is 6.80. The van der Waals surface area contributed by atoms with Crippen LogP contribution in [0.3, 0.4) is 0 Å². The van der Waals surface area contributed by atoms with E-state index in [-0.39, 0.29) is 22.8 Å². The molecule has 0 radical (unpaired) electrons. The second-order valence-corrected chi connectivity index (χ2v) is 8.97. The maximum atomic E-state index is 12.8. The molecule has 0 unspecified atom stereocenters. The highest BCUT2D eigenvalue weighted by Crippen LogP contribution is 2.27. The molecule has 3 rings (SSSR count). The molecule has 0 saturated heterocycles. The lowest BCUT2D eigenvalue weighted by atomic mass is 10.2. The van der Waals surface area contributed by atoms with Crippen molar-refractivity contribution in [2.45, 2.75) is 18.4 Å². The summed E-state index contributed by atoms with van der Waals surface area (Å²) in [5.74, 6) is -0.223. The number of aromatic nitrogens is 2. The summed E-state index contributed by atoms with van der Waals surface area (Å²) in [6, 6.07) is 13.0. The summed E-state index contributed by atoms with van der Waals surface area (Å²) in [6.45, 7) is 1.82. The first-order valence-corrected chi connectivity index (χ1v) is 10.8. The topological polar surface area (TPSA) is 81.1 Å². The van der Waals surface area contributed by atoms with Gasteiger partial charge in [0.15, 0.2) is 9.84 Å². The number of rotatable bonds is 6. The Morgan fingerprint density at radius 2 is 1.86 bits per heavy atom. The normalized spacial score (nSPS) is 11.4. The molecule has 0 aliphatic rings. The van der Waals surface area contributed by atoms with Crippen LogP contribution in [0.4, 0.5) is 5.82 Å². The molecule has 1 heterocycles. The second kappa shape index (κ2) is 8.34. The first-order valence-electron chi connectivity index (χ1n) is 8.41. The van der Waals surface area contributed by atoms with Crippen LogP contribution < -0.4 is 5.32 Å². The van der Waals surface area contributed by atoms with Gasteiger partial charge in [0.25, 0.3) is 5.91 Å². The van der Waals surface area contributed by atoms with Crippen molar-refractivity contribution < 1.29 is 13.2 Å². The second-order valence-electron chi connectivity index (χ2n) is 5.94. The molecule has 28 heavy (non-hydrogen) atoms. The molecule has 1 aromatic heterocycles. The van der Waals surface area contributed by atoms with Gasteiger partial charge in [0.05, 0.1) is 39.0 Å². The Morgan fingerprint density at radius 1 is 1.11 bits per heavy atom. The van der Waals surface area contributed by atoms with Crippen LogP contribution in [0.15, 0.2) is 59.6 Å². The summed E-state index contributed by atoms with van der Waals surface area (Å²) in [6.07, 6.45) is 1.53. The largest absolute Gasteiger partial charge is 0.307 e. The van der Waals surface area contributed by atoms with Crippen LogP contribution in [0.25, 0.3) is 0 Å². The molecule has 1 N–H and O–H groups in total. The summed E-state index contributed by atoms with van der Waals surface area (Å²) in [7, 11) is -3.54. The van der Waals surface area contributed by atoms with Gasteiger partial charge in [-0.05, 0) is 23.8 Å². The highest BCUT2D eigenvalue weighted by molar-refractivity contribution is 7.91. The van der Waals surface area contributed by atoms with Crippen molar-refractivity contribution in [2.24, 2.45) is 0 Å². The lowest BCUT2D eigenvalue weighted by Crippen LogP contribution is -2.19. The summed E-state index contributed by atoms with van der Waals surface area (Å²) in [5, 5.41) is 7.76. The van der Waals surface area contributed by atoms with Gasteiger partial charge in [0, 0.05) is 6.07 Å². The van der Waals surface area contributed by atoms with Crippen LogP contribution in [0.5, 0.6) is 0 Å². The lowest BCUT2D eigenvalue weighted by Gasteiger charge is -2.12. The Balaban J connectivity index is 1.88. The Bertz CT molecular complexity index is 1130. The monoisotopic (exact) mass is 437 g/mol. The zero-order valence-corrected chi connectivity index (χ0v) is 17.2. The number of carbonyl (C=O) groups excluding carboxylic acids is 1. The molecule has 0 fully saturated rings. The number of anilines is 1. The van der Waals surface area contributed by atoms with Crippen molar-refractivity contribution >= 4 is 44.8 Å². The summed E-state index contributed by atoms with van der Waals surface area (Å²) >= 11 is 12.3. The molecular formula is C19H17Cl2N3O3S. The van der Waals surface area contributed by atoms with Crippen LogP contribution in [0, 0.1) is 0 Å². The number of amides is 1. The Hall–Kier alpha value is -2.35. The maximum Gasteiger partial charge on any atom is 0.258 e. The first-order chi connectivity index (χ1) is 13.3. The fraction of sp³-hybridized carbons (Fsp3) is 0.158. The molecule has 0 aliphatic heterocycles. The average Bonchev–Trinajstić information content (AvgIpc) is 3.12. The SMILES string of the molecule is CCS(=O)(=O)c1ccccc1C(=O)Nc1ccnn1Cc1cccc(Cl)c1Cl. The van der Waals surface area contributed by atoms with Gasteiger partial charge in [-0.1, -0.05) is 54.4 Å². The molecule has 2 aromatic carbocycles. The fourth-order valence-electron chi connectivity index (χ4n) is 2.66. The fourth-order valence-corrected chi connectivity index (χ4v) is 4.13. The number of hydrogen-bond donors (Lipinski definition) is 1. The zero-order chi connectivity index (χ0) is 20.3. The summed E-state index contributed by atoms with van der Waals surface area (Å²) in [4.78, 5) is 12.8. The Labute approximate surface area is 173 Å². The van der Waals surface area contributed by atoms with Crippen molar-refractivity contribution in [3.05, 3.63) is 75.9 Å². The molecule has 146 valence electrons. The number of sulfone groups is 1. The summed E-state index contributed by atoms with van der Waals surface area (Å²) < 4.78 is 26.1. The van der Waals surface area contributed by atoms with Crippen molar-refractivity contribution in [3.8, 4) is 0 Å². The molecule has 0 aliphatic carbocycles. The van der Waals surface area contributed by atoms with E-state index in [2.05, 4.69) is 10.4 Å². The van der Waals surface area contributed by atoms with Gasteiger partial charge in [-0.2, -0.15) is 5.10 Å². The highest BCUT2D eigenvalue weighted by atomic mass is 35.5. The van der Waals surface area contributed by atoms with Crippen molar-refractivity contribution in [3.63, 3.8) is 0 Å². The molecular weight excluding hydrogens is 421 g/mol. The van der Waals surface area contributed by atoms with Crippen LogP contribution in [0.1, 0.15) is 22.8 Å². The molecule has 0 bridgehead atoms. The maximum absolute atomic E-state index is 12.8. The van der Waals surface area contributed by atoms with Crippen LogP contribution in [-0.4, -0.2) is 29.9 Å². The van der Waals surface area contributed by atoms with E-state index in [4.69, 9.17) is 23.2 Å². The van der Waals surface area contributed by atoms with Crippen LogP contribution in [-0.2, 0) is 16.4 Å². The van der Waals surface area contributed by atoms with Gasteiger partial charge >= 0.3 is 0 Å². The van der Waals surface area contributed by atoms with E-state index >= 15 is 0 Å². The number of benzene rings is 2. The van der Waals surface area contributed by atoms with E-state index in [0.717, 1.165) is 5.56 Å². The van der Waals surface area contributed by atoms with E-state index in [0.29, 0.717) is 15.9 Å². The van der Waals surface area contributed by atoms with Gasteiger partial charge < -0.3 is 5.32 Å². The minimum absolute atomic E-state index is 0.000971. The van der Waals surface area contributed by atoms with Gasteiger partial charge in [0.2, 0.25) is 0 Å². The van der Waals surface area contributed by atoms with Crippen LogP contribution in [0.2, 0.25) is 10.0 Å². The number of nitrogens with one attached hydrogen (secondary N) is 1.